The number of methoxy groups -OCH3 is 1. The van der Waals surface area contributed by atoms with Crippen molar-refractivity contribution in [1.29, 1.82) is 0 Å². The molecular formula is C16H13BrO4. The second kappa shape index (κ2) is 6.45. The maximum atomic E-state index is 12.2. The molecule has 2 aromatic carbocycles. The first kappa shape index (κ1) is 15.1. The van der Waals surface area contributed by atoms with E-state index in [9.17, 15) is 15.0 Å². The second-order valence-electron chi connectivity index (χ2n) is 4.29. The van der Waals surface area contributed by atoms with E-state index < -0.39 is 5.78 Å². The third-order valence-electron chi connectivity index (χ3n) is 2.81. The van der Waals surface area contributed by atoms with E-state index in [1.54, 1.807) is 6.08 Å². The van der Waals surface area contributed by atoms with Gasteiger partial charge in [-0.2, -0.15) is 0 Å². The number of allylic oxidation sites excluding steroid dienone is 1. The minimum atomic E-state index is -0.413. The van der Waals surface area contributed by atoms with Crippen LogP contribution in [0.25, 0.3) is 6.08 Å². The van der Waals surface area contributed by atoms with Gasteiger partial charge in [-0.15, -0.1) is 0 Å². The van der Waals surface area contributed by atoms with E-state index in [4.69, 9.17) is 4.74 Å². The number of hydrogen-bond donors (Lipinski definition) is 2. The Bertz CT molecular complexity index is 707. The van der Waals surface area contributed by atoms with Crippen LogP contribution in [0, 0.1) is 0 Å². The maximum Gasteiger partial charge on any atom is 0.193 e. The molecule has 0 atom stereocenters. The maximum absolute atomic E-state index is 12.2. The molecule has 0 saturated carbocycles. The Morgan fingerprint density at radius 1 is 1.24 bits per heavy atom. The number of aromatic hydroxyl groups is 2. The minimum Gasteiger partial charge on any atom is -0.508 e. The SMILES string of the molecule is COc1cc(O)cc(O)c1C(=O)/C=C/c1cccc(Br)c1. The van der Waals surface area contributed by atoms with Gasteiger partial charge in [0.05, 0.1) is 7.11 Å². The number of carbonyl (C=O) groups excluding carboxylic acids is 1. The van der Waals surface area contributed by atoms with Crippen LogP contribution >= 0.6 is 15.9 Å². The molecule has 5 heteroatoms. The van der Waals surface area contributed by atoms with Gasteiger partial charge in [0.25, 0.3) is 0 Å². The van der Waals surface area contributed by atoms with Crippen molar-refractivity contribution < 1.29 is 19.7 Å². The van der Waals surface area contributed by atoms with Crippen molar-refractivity contribution in [1.82, 2.24) is 0 Å². The number of phenolic OH excluding ortho intramolecular Hbond substituents is 2. The van der Waals surface area contributed by atoms with Gasteiger partial charge in [0.1, 0.15) is 22.8 Å². The Morgan fingerprint density at radius 2 is 2.00 bits per heavy atom. The molecular weight excluding hydrogens is 336 g/mol. The Morgan fingerprint density at radius 3 is 2.67 bits per heavy atom. The second-order valence-corrected chi connectivity index (χ2v) is 5.21. The van der Waals surface area contributed by atoms with Crippen molar-refractivity contribution in [3.63, 3.8) is 0 Å². The summed E-state index contributed by atoms with van der Waals surface area (Å²) in [5, 5.41) is 19.2. The van der Waals surface area contributed by atoms with Crippen LogP contribution in [0.5, 0.6) is 17.2 Å². The highest BCUT2D eigenvalue weighted by molar-refractivity contribution is 9.10. The summed E-state index contributed by atoms with van der Waals surface area (Å²) in [5.74, 6) is -0.784. The number of hydrogen-bond acceptors (Lipinski definition) is 4. The minimum absolute atomic E-state index is 0.0153. The van der Waals surface area contributed by atoms with E-state index >= 15 is 0 Å². The van der Waals surface area contributed by atoms with Crippen LogP contribution in [0.1, 0.15) is 15.9 Å². The number of ketones is 1. The molecule has 0 bridgehead atoms. The quantitative estimate of drug-likeness (QED) is 0.652. The summed E-state index contributed by atoms with van der Waals surface area (Å²) in [6.07, 6.45) is 2.98. The number of halogens is 1. The summed E-state index contributed by atoms with van der Waals surface area (Å²) >= 11 is 3.35. The van der Waals surface area contributed by atoms with E-state index in [0.717, 1.165) is 16.1 Å². The van der Waals surface area contributed by atoms with Gasteiger partial charge in [-0.05, 0) is 23.8 Å². The highest BCUT2D eigenvalue weighted by atomic mass is 79.9. The summed E-state index contributed by atoms with van der Waals surface area (Å²) in [7, 11) is 1.36. The predicted octanol–water partition coefficient (Wildman–Crippen LogP) is 3.77. The molecule has 0 aliphatic carbocycles. The van der Waals surface area contributed by atoms with E-state index in [1.807, 2.05) is 24.3 Å². The Balaban J connectivity index is 2.33. The molecule has 2 rings (SSSR count). The van der Waals surface area contributed by atoms with Crippen molar-refractivity contribution in [3.8, 4) is 17.2 Å². The van der Waals surface area contributed by atoms with E-state index in [0.29, 0.717) is 0 Å². The van der Waals surface area contributed by atoms with Crippen molar-refractivity contribution in [2.45, 2.75) is 0 Å². The molecule has 0 saturated heterocycles. The molecule has 0 unspecified atom stereocenters. The first-order valence-corrected chi connectivity index (χ1v) is 6.88. The first-order chi connectivity index (χ1) is 10.0. The van der Waals surface area contributed by atoms with Crippen molar-refractivity contribution >= 4 is 27.8 Å². The molecule has 108 valence electrons. The predicted molar refractivity (Wildman–Crippen MR) is 83.8 cm³/mol. The molecule has 0 heterocycles. The largest absolute Gasteiger partial charge is 0.508 e. The van der Waals surface area contributed by atoms with Gasteiger partial charge in [0.2, 0.25) is 0 Å². The molecule has 0 amide bonds. The van der Waals surface area contributed by atoms with E-state index in [-0.39, 0.29) is 22.8 Å². The van der Waals surface area contributed by atoms with Gasteiger partial charge in [-0.1, -0.05) is 34.1 Å². The number of ether oxygens (including phenoxy) is 1. The molecule has 0 spiro atoms. The van der Waals surface area contributed by atoms with E-state index in [1.165, 1.54) is 19.3 Å². The molecule has 0 aliphatic rings. The lowest BCUT2D eigenvalue weighted by molar-refractivity contribution is 0.104. The van der Waals surface area contributed by atoms with Crippen LogP contribution in [0.3, 0.4) is 0 Å². The van der Waals surface area contributed by atoms with Crippen LogP contribution in [0.2, 0.25) is 0 Å². The summed E-state index contributed by atoms with van der Waals surface area (Å²) in [6.45, 7) is 0. The van der Waals surface area contributed by atoms with Crippen LogP contribution in [-0.4, -0.2) is 23.1 Å². The van der Waals surface area contributed by atoms with Gasteiger partial charge >= 0.3 is 0 Å². The van der Waals surface area contributed by atoms with E-state index in [2.05, 4.69) is 15.9 Å². The topological polar surface area (TPSA) is 66.8 Å². The number of phenols is 2. The van der Waals surface area contributed by atoms with Gasteiger partial charge in [-0.3, -0.25) is 4.79 Å². The molecule has 21 heavy (non-hydrogen) atoms. The molecule has 0 radical (unpaired) electrons. The third kappa shape index (κ3) is 3.64. The molecule has 0 fully saturated rings. The molecule has 4 nitrogen and oxygen atoms in total. The summed E-state index contributed by atoms with van der Waals surface area (Å²) in [4.78, 5) is 12.2. The Kier molecular flexibility index (Phi) is 4.65. The highest BCUT2D eigenvalue weighted by Gasteiger charge is 2.16. The van der Waals surface area contributed by atoms with Crippen LogP contribution < -0.4 is 4.74 Å². The summed E-state index contributed by atoms with van der Waals surface area (Å²) in [5.41, 5.74) is 0.858. The monoisotopic (exact) mass is 348 g/mol. The third-order valence-corrected chi connectivity index (χ3v) is 3.30. The lowest BCUT2D eigenvalue weighted by atomic mass is 10.1. The van der Waals surface area contributed by atoms with Crippen molar-refractivity contribution in [2.75, 3.05) is 7.11 Å². The van der Waals surface area contributed by atoms with Crippen molar-refractivity contribution in [3.05, 3.63) is 58.1 Å². The first-order valence-electron chi connectivity index (χ1n) is 6.09. The normalized spacial score (nSPS) is 10.8. The number of carbonyl (C=O) groups is 1. The zero-order chi connectivity index (χ0) is 15.4. The molecule has 0 aromatic heterocycles. The Labute approximate surface area is 130 Å². The van der Waals surface area contributed by atoms with Gasteiger partial charge in [-0.25, -0.2) is 0 Å². The summed E-state index contributed by atoms with van der Waals surface area (Å²) < 4.78 is 5.92. The van der Waals surface area contributed by atoms with Gasteiger partial charge in [0.15, 0.2) is 5.78 Å². The zero-order valence-electron chi connectivity index (χ0n) is 11.2. The van der Waals surface area contributed by atoms with Gasteiger partial charge in [0, 0.05) is 16.6 Å². The number of rotatable bonds is 4. The zero-order valence-corrected chi connectivity index (χ0v) is 12.8. The van der Waals surface area contributed by atoms with Crippen LogP contribution in [0.15, 0.2) is 46.9 Å². The lowest BCUT2D eigenvalue weighted by Crippen LogP contribution is -1.99. The number of benzene rings is 2. The fraction of sp³-hybridized carbons (Fsp3) is 0.0625. The standard InChI is InChI=1S/C16H13BrO4/c1-21-15-9-12(18)8-14(20)16(15)13(19)6-5-10-3-2-4-11(17)7-10/h2-9,18,20H,1H3/b6-5+. The average molecular weight is 349 g/mol. The fourth-order valence-corrected chi connectivity index (χ4v) is 2.28. The fourth-order valence-electron chi connectivity index (χ4n) is 1.86. The summed E-state index contributed by atoms with van der Waals surface area (Å²) in [6, 6.07) is 9.82. The molecule has 2 aromatic rings. The smallest absolute Gasteiger partial charge is 0.193 e. The average Bonchev–Trinajstić information content (AvgIpc) is 2.44. The molecule has 2 N–H and O–H groups in total. The van der Waals surface area contributed by atoms with Gasteiger partial charge < -0.3 is 14.9 Å². The molecule has 0 aliphatic heterocycles. The lowest BCUT2D eigenvalue weighted by Gasteiger charge is -2.08. The van der Waals surface area contributed by atoms with Crippen LogP contribution in [0.4, 0.5) is 0 Å². The highest BCUT2D eigenvalue weighted by Crippen LogP contribution is 2.33. The Hall–Kier alpha value is -2.27. The van der Waals surface area contributed by atoms with Crippen LogP contribution in [-0.2, 0) is 0 Å². The van der Waals surface area contributed by atoms with Crippen molar-refractivity contribution in [2.24, 2.45) is 0 Å².